The molecule has 20 heavy (non-hydrogen) atoms. The Morgan fingerprint density at radius 2 is 2.20 bits per heavy atom. The number of hydrogen-bond acceptors (Lipinski definition) is 4. The second-order valence-corrected chi connectivity index (χ2v) is 4.70. The van der Waals surface area contributed by atoms with Gasteiger partial charge in [-0.25, -0.2) is 4.98 Å². The quantitative estimate of drug-likeness (QED) is 0.926. The van der Waals surface area contributed by atoms with Crippen molar-refractivity contribution in [2.75, 3.05) is 6.61 Å². The molecule has 1 atom stereocenters. The number of carbonyl (C=O) groups excluding carboxylic acids is 1. The summed E-state index contributed by atoms with van der Waals surface area (Å²) in [5.41, 5.74) is 0.969. The second kappa shape index (κ2) is 5.88. The normalized spacial score (nSPS) is 18.1. The van der Waals surface area contributed by atoms with Crippen molar-refractivity contribution >= 4 is 5.91 Å². The molecular weight excluding hydrogens is 256 g/mol. The molecule has 2 aromatic rings. The Morgan fingerprint density at radius 3 is 2.95 bits per heavy atom. The molecule has 5 heteroatoms. The molecule has 3 rings (SSSR count). The van der Waals surface area contributed by atoms with E-state index in [9.17, 15) is 4.79 Å². The first kappa shape index (κ1) is 12.9. The third-order valence-electron chi connectivity index (χ3n) is 3.25. The highest BCUT2D eigenvalue weighted by atomic mass is 16.5. The molecule has 0 aliphatic carbocycles. The highest BCUT2D eigenvalue weighted by Crippen LogP contribution is 2.19. The fraction of sp³-hybridized carbons (Fsp3) is 0.333. The molecule has 1 unspecified atom stereocenters. The zero-order valence-corrected chi connectivity index (χ0v) is 11.0. The Labute approximate surface area is 117 Å². The fourth-order valence-electron chi connectivity index (χ4n) is 2.19. The molecule has 1 saturated heterocycles. The Morgan fingerprint density at radius 1 is 1.35 bits per heavy atom. The zero-order valence-electron chi connectivity index (χ0n) is 11.0. The first-order valence-corrected chi connectivity index (χ1v) is 6.72. The van der Waals surface area contributed by atoms with Crippen LogP contribution in [0.25, 0.3) is 11.3 Å². The van der Waals surface area contributed by atoms with Gasteiger partial charge in [-0.3, -0.25) is 4.79 Å². The number of oxazole rings is 1. The molecule has 1 N–H and O–H groups in total. The SMILES string of the molecule is O=C(NCc1ncc(-c2ccccc2)o1)C1CCCO1. The first-order valence-electron chi connectivity index (χ1n) is 6.72. The minimum Gasteiger partial charge on any atom is -0.439 e. The average molecular weight is 272 g/mol. The van der Waals surface area contributed by atoms with Gasteiger partial charge in [0.1, 0.15) is 6.10 Å². The van der Waals surface area contributed by atoms with Gasteiger partial charge in [-0.15, -0.1) is 0 Å². The van der Waals surface area contributed by atoms with E-state index in [0.717, 1.165) is 18.4 Å². The third kappa shape index (κ3) is 2.88. The van der Waals surface area contributed by atoms with Crippen LogP contribution in [-0.2, 0) is 16.1 Å². The Kier molecular flexibility index (Phi) is 3.78. The van der Waals surface area contributed by atoms with E-state index in [2.05, 4.69) is 10.3 Å². The van der Waals surface area contributed by atoms with E-state index >= 15 is 0 Å². The van der Waals surface area contributed by atoms with Crippen molar-refractivity contribution in [1.82, 2.24) is 10.3 Å². The van der Waals surface area contributed by atoms with Crippen LogP contribution in [0.5, 0.6) is 0 Å². The molecule has 1 aliphatic heterocycles. The van der Waals surface area contributed by atoms with Gasteiger partial charge in [-0.05, 0) is 12.8 Å². The van der Waals surface area contributed by atoms with Gasteiger partial charge in [-0.1, -0.05) is 30.3 Å². The summed E-state index contributed by atoms with van der Waals surface area (Å²) >= 11 is 0. The highest BCUT2D eigenvalue weighted by molar-refractivity contribution is 5.80. The number of nitrogens with one attached hydrogen (secondary N) is 1. The maximum atomic E-state index is 11.8. The van der Waals surface area contributed by atoms with Gasteiger partial charge < -0.3 is 14.5 Å². The van der Waals surface area contributed by atoms with Gasteiger partial charge in [0.2, 0.25) is 11.8 Å². The van der Waals surface area contributed by atoms with Crippen molar-refractivity contribution in [3.63, 3.8) is 0 Å². The maximum Gasteiger partial charge on any atom is 0.249 e. The van der Waals surface area contributed by atoms with E-state index in [-0.39, 0.29) is 18.6 Å². The Bertz CT molecular complexity index is 574. The summed E-state index contributed by atoms with van der Waals surface area (Å²) in [7, 11) is 0. The lowest BCUT2D eigenvalue weighted by Gasteiger charge is -2.08. The molecule has 1 aromatic heterocycles. The predicted octanol–water partition coefficient (Wildman–Crippen LogP) is 2.14. The Hall–Kier alpha value is -2.14. The van der Waals surface area contributed by atoms with E-state index in [0.29, 0.717) is 18.3 Å². The van der Waals surface area contributed by atoms with Crippen molar-refractivity contribution in [2.45, 2.75) is 25.5 Å². The summed E-state index contributed by atoms with van der Waals surface area (Å²) in [5, 5.41) is 2.79. The highest BCUT2D eigenvalue weighted by Gasteiger charge is 2.23. The molecule has 1 amide bonds. The monoisotopic (exact) mass is 272 g/mol. The predicted molar refractivity (Wildman–Crippen MR) is 72.8 cm³/mol. The molecule has 2 heterocycles. The lowest BCUT2D eigenvalue weighted by Crippen LogP contribution is -2.33. The second-order valence-electron chi connectivity index (χ2n) is 4.70. The summed E-state index contributed by atoms with van der Waals surface area (Å²) in [6, 6.07) is 9.74. The molecule has 0 saturated carbocycles. The van der Waals surface area contributed by atoms with Crippen molar-refractivity contribution in [2.24, 2.45) is 0 Å². The van der Waals surface area contributed by atoms with Crippen LogP contribution in [-0.4, -0.2) is 23.6 Å². The minimum atomic E-state index is -0.321. The first-order chi connectivity index (χ1) is 9.83. The molecule has 0 radical (unpaired) electrons. The molecule has 0 bridgehead atoms. The molecule has 5 nitrogen and oxygen atoms in total. The fourth-order valence-corrected chi connectivity index (χ4v) is 2.19. The number of aromatic nitrogens is 1. The van der Waals surface area contributed by atoms with E-state index in [1.54, 1.807) is 6.20 Å². The molecular formula is C15H16N2O3. The van der Waals surface area contributed by atoms with Crippen LogP contribution in [0.4, 0.5) is 0 Å². The number of nitrogens with zero attached hydrogens (tertiary/aromatic N) is 1. The topological polar surface area (TPSA) is 64.4 Å². The van der Waals surface area contributed by atoms with Crippen LogP contribution >= 0.6 is 0 Å². The molecule has 1 aromatic carbocycles. The summed E-state index contributed by atoms with van der Waals surface area (Å²) in [5.74, 6) is 1.10. The molecule has 1 aliphatic rings. The van der Waals surface area contributed by atoms with E-state index in [1.165, 1.54) is 0 Å². The average Bonchev–Trinajstić information content (AvgIpc) is 3.17. The van der Waals surface area contributed by atoms with Crippen LogP contribution in [0.3, 0.4) is 0 Å². The Balaban J connectivity index is 1.59. The minimum absolute atomic E-state index is 0.0954. The lowest BCUT2D eigenvalue weighted by molar-refractivity contribution is -0.130. The van der Waals surface area contributed by atoms with Gasteiger partial charge >= 0.3 is 0 Å². The number of rotatable bonds is 4. The number of ether oxygens (including phenoxy) is 1. The molecule has 0 spiro atoms. The number of hydrogen-bond donors (Lipinski definition) is 1. The lowest BCUT2D eigenvalue weighted by atomic mass is 10.2. The van der Waals surface area contributed by atoms with Crippen molar-refractivity contribution < 1.29 is 13.9 Å². The summed E-state index contributed by atoms with van der Waals surface area (Å²) in [6.07, 6.45) is 3.07. The van der Waals surface area contributed by atoms with Crippen LogP contribution in [0.15, 0.2) is 40.9 Å². The van der Waals surface area contributed by atoms with E-state index < -0.39 is 0 Å². The summed E-state index contributed by atoms with van der Waals surface area (Å²) < 4.78 is 10.9. The summed E-state index contributed by atoms with van der Waals surface area (Å²) in [4.78, 5) is 16.0. The van der Waals surface area contributed by atoms with Gasteiger partial charge in [0.15, 0.2) is 5.76 Å². The smallest absolute Gasteiger partial charge is 0.249 e. The number of carbonyl (C=O) groups is 1. The molecule has 104 valence electrons. The molecule has 1 fully saturated rings. The largest absolute Gasteiger partial charge is 0.439 e. The van der Waals surface area contributed by atoms with Crippen molar-refractivity contribution in [3.05, 3.63) is 42.4 Å². The van der Waals surface area contributed by atoms with Gasteiger partial charge in [-0.2, -0.15) is 0 Å². The zero-order chi connectivity index (χ0) is 13.8. The standard InChI is InChI=1S/C15H16N2O3/c18-15(12-7-4-8-19-12)17-10-14-16-9-13(20-14)11-5-2-1-3-6-11/h1-3,5-6,9,12H,4,7-8,10H2,(H,17,18). The van der Waals surface area contributed by atoms with Crippen molar-refractivity contribution in [3.8, 4) is 11.3 Å². The maximum absolute atomic E-state index is 11.8. The number of benzene rings is 1. The van der Waals surface area contributed by atoms with Crippen LogP contribution < -0.4 is 5.32 Å². The van der Waals surface area contributed by atoms with Gasteiger partial charge in [0.25, 0.3) is 0 Å². The van der Waals surface area contributed by atoms with Crippen LogP contribution in [0.2, 0.25) is 0 Å². The van der Waals surface area contributed by atoms with Crippen molar-refractivity contribution in [1.29, 1.82) is 0 Å². The van der Waals surface area contributed by atoms with E-state index in [4.69, 9.17) is 9.15 Å². The van der Waals surface area contributed by atoms with Gasteiger partial charge in [0, 0.05) is 12.2 Å². The van der Waals surface area contributed by atoms with Gasteiger partial charge in [0.05, 0.1) is 12.7 Å². The number of amides is 1. The van der Waals surface area contributed by atoms with Crippen LogP contribution in [0, 0.1) is 0 Å². The third-order valence-corrected chi connectivity index (χ3v) is 3.25. The van der Waals surface area contributed by atoms with E-state index in [1.807, 2.05) is 30.3 Å². The van der Waals surface area contributed by atoms with Crippen LogP contribution in [0.1, 0.15) is 18.7 Å². The summed E-state index contributed by atoms with van der Waals surface area (Å²) in [6.45, 7) is 0.945.